The van der Waals surface area contributed by atoms with E-state index in [0.717, 1.165) is 11.5 Å². The Hall–Kier alpha value is -3.16. The van der Waals surface area contributed by atoms with Crippen LogP contribution in [0.15, 0.2) is 42.5 Å². The molecule has 2 heterocycles. The Balaban J connectivity index is 1.64. The van der Waals surface area contributed by atoms with Crippen LogP contribution >= 0.6 is 0 Å². The van der Waals surface area contributed by atoms with Crippen molar-refractivity contribution in [1.82, 2.24) is 15.2 Å². The number of halogens is 1. The molecule has 1 aromatic heterocycles. The molecule has 0 aliphatic carbocycles. The quantitative estimate of drug-likeness (QED) is 0.710. The van der Waals surface area contributed by atoms with Crippen molar-refractivity contribution in [3.63, 3.8) is 0 Å². The molecule has 0 bridgehead atoms. The molecule has 1 unspecified atom stereocenters. The number of alkyl carbamates (subject to hydrolysis) is 1. The number of nitrogens with zero attached hydrogens (tertiary/aromatic N) is 3. The molecule has 0 saturated heterocycles. The maximum Gasteiger partial charge on any atom is 0.408 e. The molecule has 1 N–H and O–H groups in total. The summed E-state index contributed by atoms with van der Waals surface area (Å²) in [5, 5.41) is 2.51. The molecule has 1 aliphatic rings. The summed E-state index contributed by atoms with van der Waals surface area (Å²) in [6.07, 6.45) is -0.128. The first-order valence-electron chi connectivity index (χ1n) is 10.8. The predicted molar refractivity (Wildman–Crippen MR) is 122 cm³/mol. The van der Waals surface area contributed by atoms with Crippen LogP contribution in [-0.2, 0) is 17.7 Å². The molecule has 1 aliphatic heterocycles. The van der Waals surface area contributed by atoms with Gasteiger partial charge in [-0.1, -0.05) is 30.3 Å². The van der Waals surface area contributed by atoms with Gasteiger partial charge in [0.1, 0.15) is 18.1 Å². The predicted octanol–water partition coefficient (Wildman–Crippen LogP) is 3.58. The highest BCUT2D eigenvalue weighted by molar-refractivity contribution is 5.96. The lowest BCUT2D eigenvalue weighted by Crippen LogP contribution is -2.50. The second-order valence-electron chi connectivity index (χ2n) is 9.00. The molecule has 0 spiro atoms. The summed E-state index contributed by atoms with van der Waals surface area (Å²) < 4.78 is 18.7. The minimum absolute atomic E-state index is 0.0731. The van der Waals surface area contributed by atoms with Gasteiger partial charge in [0.05, 0.1) is 17.3 Å². The van der Waals surface area contributed by atoms with E-state index in [4.69, 9.17) is 9.72 Å². The van der Waals surface area contributed by atoms with Crippen molar-refractivity contribution in [3.8, 4) is 0 Å². The van der Waals surface area contributed by atoms with Crippen molar-refractivity contribution in [1.29, 1.82) is 0 Å². The number of fused-ring (bicyclic) bond motifs is 1. The summed E-state index contributed by atoms with van der Waals surface area (Å²) in [6.45, 7) is 5.61. The van der Waals surface area contributed by atoms with Crippen LogP contribution in [0.4, 0.5) is 15.0 Å². The van der Waals surface area contributed by atoms with E-state index in [1.54, 1.807) is 31.7 Å². The van der Waals surface area contributed by atoms with E-state index in [1.807, 2.05) is 36.2 Å². The molecule has 172 valence electrons. The number of benzene rings is 1. The van der Waals surface area contributed by atoms with Crippen molar-refractivity contribution < 1.29 is 18.7 Å². The number of carbonyl (C=O) groups is 2. The highest BCUT2D eigenvalue weighted by atomic mass is 19.1. The fourth-order valence-corrected chi connectivity index (χ4v) is 3.59. The van der Waals surface area contributed by atoms with Gasteiger partial charge in [0.15, 0.2) is 0 Å². The van der Waals surface area contributed by atoms with E-state index in [2.05, 4.69) is 17.4 Å². The van der Waals surface area contributed by atoms with E-state index >= 15 is 0 Å². The lowest BCUT2D eigenvalue weighted by atomic mass is 10.0. The number of hydrogen-bond donors (Lipinski definition) is 1. The van der Waals surface area contributed by atoms with Crippen molar-refractivity contribution in [2.75, 3.05) is 31.7 Å². The first kappa shape index (κ1) is 23.5. The standard InChI is InChI=1S/C24H31FN4O3/c1-24(2,3)32-23(31)26-18(14-25)16-29-13-12-20-19(22(29)30)10-11-21(27-20)28(4)15-17-8-6-5-7-9-17/h5-11,18H,12-16H2,1-4H3,(H,26,31). The molecule has 2 aromatic rings. The molecule has 8 heteroatoms. The minimum atomic E-state index is -0.834. The number of nitrogens with one attached hydrogen (secondary N) is 1. The maximum atomic E-state index is 13.5. The zero-order valence-corrected chi connectivity index (χ0v) is 19.1. The molecule has 7 nitrogen and oxygen atoms in total. The Morgan fingerprint density at radius 3 is 2.62 bits per heavy atom. The average molecular weight is 443 g/mol. The molecule has 32 heavy (non-hydrogen) atoms. The number of carbonyl (C=O) groups excluding carboxylic acids is 2. The van der Waals surface area contributed by atoms with Gasteiger partial charge >= 0.3 is 6.09 Å². The Labute approximate surface area is 188 Å². The number of ether oxygens (including phenoxy) is 1. The monoisotopic (exact) mass is 442 g/mol. The zero-order chi connectivity index (χ0) is 23.3. The fraction of sp³-hybridized carbons (Fsp3) is 0.458. The van der Waals surface area contributed by atoms with Gasteiger partial charge in [0.2, 0.25) is 0 Å². The topological polar surface area (TPSA) is 74.8 Å². The number of anilines is 1. The SMILES string of the molecule is CN(Cc1ccccc1)c1ccc2c(n1)CCN(CC(CF)NC(=O)OC(C)(C)C)C2=O. The Bertz CT molecular complexity index is 946. The Morgan fingerprint density at radius 1 is 1.25 bits per heavy atom. The lowest BCUT2D eigenvalue weighted by molar-refractivity contribution is 0.0465. The summed E-state index contributed by atoms with van der Waals surface area (Å²) in [7, 11) is 1.97. The van der Waals surface area contributed by atoms with Crippen LogP contribution in [-0.4, -0.2) is 60.3 Å². The zero-order valence-electron chi connectivity index (χ0n) is 19.1. The molecule has 1 atom stereocenters. The molecule has 0 radical (unpaired) electrons. The fourth-order valence-electron chi connectivity index (χ4n) is 3.59. The van der Waals surface area contributed by atoms with Gasteiger partial charge in [0, 0.05) is 33.1 Å². The van der Waals surface area contributed by atoms with E-state index in [-0.39, 0.29) is 12.5 Å². The second-order valence-corrected chi connectivity index (χ2v) is 9.00. The number of pyridine rings is 1. The molecule has 0 saturated carbocycles. The summed E-state index contributed by atoms with van der Waals surface area (Å²) in [4.78, 5) is 33.2. The third-order valence-electron chi connectivity index (χ3n) is 5.10. The van der Waals surface area contributed by atoms with Gasteiger partial charge < -0.3 is 19.9 Å². The average Bonchev–Trinajstić information content (AvgIpc) is 2.74. The van der Waals surface area contributed by atoms with Crippen LogP contribution in [0, 0.1) is 0 Å². The molecule has 3 rings (SSSR count). The van der Waals surface area contributed by atoms with Crippen LogP contribution in [0.25, 0.3) is 0 Å². The molecule has 0 fully saturated rings. The normalized spacial score (nSPS) is 14.5. The van der Waals surface area contributed by atoms with Gasteiger partial charge in [0.25, 0.3) is 5.91 Å². The van der Waals surface area contributed by atoms with Crippen LogP contribution in [0.1, 0.15) is 42.4 Å². The van der Waals surface area contributed by atoms with Gasteiger partial charge in [-0.3, -0.25) is 4.79 Å². The van der Waals surface area contributed by atoms with Crippen LogP contribution in [0.2, 0.25) is 0 Å². The van der Waals surface area contributed by atoms with Gasteiger partial charge in [-0.15, -0.1) is 0 Å². The molecular formula is C24H31FN4O3. The highest BCUT2D eigenvalue weighted by Gasteiger charge is 2.29. The van der Waals surface area contributed by atoms with E-state index in [0.29, 0.717) is 25.1 Å². The van der Waals surface area contributed by atoms with Crippen molar-refractivity contribution in [2.24, 2.45) is 0 Å². The highest BCUT2D eigenvalue weighted by Crippen LogP contribution is 2.22. The third-order valence-corrected chi connectivity index (χ3v) is 5.10. The van der Waals surface area contributed by atoms with Crippen molar-refractivity contribution in [2.45, 2.75) is 45.4 Å². The van der Waals surface area contributed by atoms with E-state index < -0.39 is 24.4 Å². The number of amides is 2. The summed E-state index contributed by atoms with van der Waals surface area (Å²) in [6, 6.07) is 12.9. The van der Waals surface area contributed by atoms with Crippen LogP contribution in [0.5, 0.6) is 0 Å². The van der Waals surface area contributed by atoms with Crippen LogP contribution in [0.3, 0.4) is 0 Å². The minimum Gasteiger partial charge on any atom is -0.444 e. The van der Waals surface area contributed by atoms with E-state index in [1.165, 1.54) is 5.56 Å². The number of hydrogen-bond acceptors (Lipinski definition) is 5. The van der Waals surface area contributed by atoms with Gasteiger partial charge in [-0.25, -0.2) is 14.2 Å². The smallest absolute Gasteiger partial charge is 0.408 e. The number of rotatable bonds is 7. The third kappa shape index (κ3) is 6.18. The van der Waals surface area contributed by atoms with Crippen LogP contribution < -0.4 is 10.2 Å². The van der Waals surface area contributed by atoms with Crippen molar-refractivity contribution >= 4 is 17.8 Å². The first-order valence-corrected chi connectivity index (χ1v) is 10.8. The maximum absolute atomic E-state index is 13.5. The molecular weight excluding hydrogens is 411 g/mol. The van der Waals surface area contributed by atoms with Gasteiger partial charge in [-0.2, -0.15) is 0 Å². The number of aromatic nitrogens is 1. The summed E-state index contributed by atoms with van der Waals surface area (Å²) in [5.41, 5.74) is 1.75. The Kier molecular flexibility index (Phi) is 7.33. The Morgan fingerprint density at radius 2 is 1.97 bits per heavy atom. The summed E-state index contributed by atoms with van der Waals surface area (Å²) in [5.74, 6) is 0.586. The molecule has 2 amide bonds. The lowest BCUT2D eigenvalue weighted by Gasteiger charge is -2.31. The first-order chi connectivity index (χ1) is 15.2. The van der Waals surface area contributed by atoms with Crippen molar-refractivity contribution in [3.05, 3.63) is 59.3 Å². The largest absolute Gasteiger partial charge is 0.444 e. The summed E-state index contributed by atoms with van der Waals surface area (Å²) >= 11 is 0. The number of alkyl halides is 1. The molecule has 1 aromatic carbocycles. The van der Waals surface area contributed by atoms with E-state index in [9.17, 15) is 14.0 Å². The second kappa shape index (κ2) is 9.97. The van der Waals surface area contributed by atoms with Gasteiger partial charge in [-0.05, 0) is 38.5 Å².